The highest BCUT2D eigenvalue weighted by molar-refractivity contribution is 5.90. The molecule has 0 saturated carbocycles. The molecule has 1 aliphatic heterocycles. The van der Waals surface area contributed by atoms with Crippen molar-refractivity contribution in [1.29, 1.82) is 0 Å². The van der Waals surface area contributed by atoms with Gasteiger partial charge in [0.05, 0.1) is 18.2 Å². The van der Waals surface area contributed by atoms with Crippen molar-refractivity contribution in [3.63, 3.8) is 0 Å². The number of nitrogens with zero attached hydrogens (tertiary/aromatic N) is 2. The molecule has 0 bridgehead atoms. The van der Waals surface area contributed by atoms with Crippen LogP contribution in [0.1, 0.15) is 57.3 Å². The summed E-state index contributed by atoms with van der Waals surface area (Å²) in [7, 11) is 0. The van der Waals surface area contributed by atoms with E-state index in [4.69, 9.17) is 19.0 Å². The van der Waals surface area contributed by atoms with E-state index in [0.717, 1.165) is 5.06 Å². The van der Waals surface area contributed by atoms with E-state index in [2.05, 4.69) is 11.8 Å². The number of para-hydroxylation sites is 1. The van der Waals surface area contributed by atoms with Crippen molar-refractivity contribution in [2.75, 3.05) is 13.2 Å². The lowest BCUT2D eigenvalue weighted by atomic mass is 10.00. The lowest BCUT2D eigenvalue weighted by Crippen LogP contribution is -2.51. The third kappa shape index (κ3) is 9.47. The number of ether oxygens (including phenoxy) is 3. The van der Waals surface area contributed by atoms with Crippen LogP contribution in [0.15, 0.2) is 84.9 Å². The maximum atomic E-state index is 13.4. The predicted molar refractivity (Wildman–Crippen MR) is 165 cm³/mol. The highest BCUT2D eigenvalue weighted by atomic mass is 19.1. The van der Waals surface area contributed by atoms with Crippen molar-refractivity contribution in [3.8, 4) is 23.3 Å². The topological polar surface area (TPSA) is 94.6 Å². The van der Waals surface area contributed by atoms with Crippen LogP contribution >= 0.6 is 0 Å². The fraction of sp³-hybridized carbons (Fsp3) is 0.343. The van der Waals surface area contributed by atoms with Gasteiger partial charge < -0.3 is 19.0 Å². The second-order valence-electron chi connectivity index (χ2n) is 11.7. The van der Waals surface area contributed by atoms with Gasteiger partial charge in [0, 0.05) is 6.42 Å². The summed E-state index contributed by atoms with van der Waals surface area (Å²) in [6, 6.07) is 22.0. The van der Waals surface area contributed by atoms with Gasteiger partial charge in [0.25, 0.3) is 0 Å². The summed E-state index contributed by atoms with van der Waals surface area (Å²) in [5.41, 5.74) is -1.38. The number of halogens is 1. The van der Waals surface area contributed by atoms with Gasteiger partial charge in [-0.05, 0) is 89.1 Å². The van der Waals surface area contributed by atoms with Crippen LogP contribution in [-0.2, 0) is 9.57 Å². The monoisotopic (exact) mass is 616 g/mol. The summed E-state index contributed by atoms with van der Waals surface area (Å²) in [6.45, 7) is 7.28. The fourth-order valence-electron chi connectivity index (χ4n) is 4.72. The second-order valence-corrected chi connectivity index (χ2v) is 11.7. The highest BCUT2D eigenvalue weighted by Crippen LogP contribution is 2.35. The van der Waals surface area contributed by atoms with Crippen LogP contribution < -0.4 is 9.47 Å². The van der Waals surface area contributed by atoms with E-state index in [1.807, 2.05) is 6.92 Å². The molecule has 1 unspecified atom stereocenters. The molecule has 4 rings (SSSR count). The smallest absolute Gasteiger partial charge is 0.448 e. The lowest BCUT2D eigenvalue weighted by molar-refractivity contribution is -0.0833. The van der Waals surface area contributed by atoms with Crippen molar-refractivity contribution in [3.05, 3.63) is 96.3 Å². The van der Waals surface area contributed by atoms with E-state index in [9.17, 15) is 18.8 Å². The zero-order valence-electron chi connectivity index (χ0n) is 25.8. The van der Waals surface area contributed by atoms with Crippen molar-refractivity contribution in [2.24, 2.45) is 0 Å². The molecule has 0 aliphatic carbocycles. The Bertz CT molecular complexity index is 1510. The van der Waals surface area contributed by atoms with E-state index in [1.165, 1.54) is 24.3 Å². The standard InChI is InChI=1S/C35H37FN2O7/c1-34(2,3)44-33(41)38-28(25-42-29-19-17-27(36)18-20-29)21-23-35(38,4)22-11-12-24-37(32(40)43-30-15-9-6-10-16-30)45-31(39)26-13-7-5-8-14-26/h5-10,13-20,28H,12,21,23-25H2,1-4H3/t28-,35?/m0/s1. The molecule has 0 N–H and O–H groups in total. The van der Waals surface area contributed by atoms with E-state index in [1.54, 1.807) is 86.3 Å². The molecule has 236 valence electrons. The summed E-state index contributed by atoms with van der Waals surface area (Å²) in [4.78, 5) is 46.2. The zero-order valence-corrected chi connectivity index (χ0v) is 25.8. The summed E-state index contributed by atoms with van der Waals surface area (Å²) in [5.74, 6) is 5.91. The van der Waals surface area contributed by atoms with E-state index < -0.39 is 29.3 Å². The normalized spacial score (nSPS) is 17.4. The summed E-state index contributed by atoms with van der Waals surface area (Å²) in [5, 5.41) is 0.832. The molecule has 45 heavy (non-hydrogen) atoms. The van der Waals surface area contributed by atoms with Gasteiger partial charge in [-0.3, -0.25) is 4.90 Å². The molecule has 2 amide bonds. The molecule has 9 nitrogen and oxygen atoms in total. The van der Waals surface area contributed by atoms with Crippen molar-refractivity contribution < 1.29 is 37.8 Å². The number of hydrogen-bond acceptors (Lipinski definition) is 7. The number of likely N-dealkylation sites (tertiary alicyclic amines) is 1. The number of hydrogen-bond donors (Lipinski definition) is 0. The van der Waals surface area contributed by atoms with Gasteiger partial charge in [-0.25, -0.2) is 18.8 Å². The van der Waals surface area contributed by atoms with Crippen molar-refractivity contribution >= 4 is 18.2 Å². The first-order chi connectivity index (χ1) is 21.4. The number of carbonyl (C=O) groups is 3. The fourth-order valence-corrected chi connectivity index (χ4v) is 4.72. The van der Waals surface area contributed by atoms with Gasteiger partial charge in [0.1, 0.15) is 35.1 Å². The van der Waals surface area contributed by atoms with Crippen LogP contribution in [0.25, 0.3) is 0 Å². The molecule has 0 radical (unpaired) electrons. The number of amides is 2. The van der Waals surface area contributed by atoms with Crippen LogP contribution in [-0.4, -0.2) is 58.5 Å². The minimum atomic E-state index is -0.907. The van der Waals surface area contributed by atoms with Crippen molar-refractivity contribution in [1.82, 2.24) is 9.96 Å². The molecule has 1 fully saturated rings. The van der Waals surface area contributed by atoms with Gasteiger partial charge in [0.15, 0.2) is 0 Å². The maximum Gasteiger partial charge on any atom is 0.448 e. The Morgan fingerprint density at radius 1 is 0.956 bits per heavy atom. The Morgan fingerprint density at radius 2 is 1.60 bits per heavy atom. The van der Waals surface area contributed by atoms with Gasteiger partial charge in [0.2, 0.25) is 0 Å². The predicted octanol–water partition coefficient (Wildman–Crippen LogP) is 7.03. The van der Waals surface area contributed by atoms with Gasteiger partial charge in [-0.15, -0.1) is 5.06 Å². The van der Waals surface area contributed by atoms with Gasteiger partial charge in [-0.2, -0.15) is 0 Å². The molecule has 0 spiro atoms. The summed E-state index contributed by atoms with van der Waals surface area (Å²) in [6.07, 6.45) is -0.169. The molecule has 3 aromatic rings. The summed E-state index contributed by atoms with van der Waals surface area (Å²) >= 11 is 0. The van der Waals surface area contributed by atoms with Crippen LogP contribution in [0.2, 0.25) is 0 Å². The molecule has 1 saturated heterocycles. The van der Waals surface area contributed by atoms with Crippen LogP contribution in [0.4, 0.5) is 14.0 Å². The maximum absolute atomic E-state index is 13.4. The van der Waals surface area contributed by atoms with Crippen LogP contribution in [0.5, 0.6) is 11.5 Å². The highest BCUT2D eigenvalue weighted by Gasteiger charge is 2.47. The van der Waals surface area contributed by atoms with E-state index in [-0.39, 0.29) is 42.7 Å². The third-order valence-electron chi connectivity index (χ3n) is 6.86. The first-order valence-electron chi connectivity index (χ1n) is 14.7. The van der Waals surface area contributed by atoms with Gasteiger partial charge >= 0.3 is 18.2 Å². The number of benzene rings is 3. The average molecular weight is 617 g/mol. The molecule has 1 heterocycles. The number of hydroxylamine groups is 2. The Labute approximate surface area is 262 Å². The second kappa shape index (κ2) is 14.6. The lowest BCUT2D eigenvalue weighted by Gasteiger charge is -2.36. The molecular weight excluding hydrogens is 579 g/mol. The van der Waals surface area contributed by atoms with Crippen LogP contribution in [0.3, 0.4) is 0 Å². The largest absolute Gasteiger partial charge is 0.491 e. The molecule has 3 aromatic carbocycles. The molecule has 2 atom stereocenters. The summed E-state index contributed by atoms with van der Waals surface area (Å²) < 4.78 is 30.3. The number of rotatable bonds is 7. The molecule has 1 aliphatic rings. The Morgan fingerprint density at radius 3 is 2.24 bits per heavy atom. The Hall–Kier alpha value is -5.04. The van der Waals surface area contributed by atoms with E-state index >= 15 is 0 Å². The molecule has 10 heteroatoms. The van der Waals surface area contributed by atoms with E-state index in [0.29, 0.717) is 18.6 Å². The minimum absolute atomic E-state index is 0.0864. The Kier molecular flexibility index (Phi) is 10.7. The molecular formula is C35H37FN2O7. The zero-order chi connectivity index (χ0) is 32.5. The quantitative estimate of drug-likeness (QED) is 0.208. The van der Waals surface area contributed by atoms with Gasteiger partial charge in [-0.1, -0.05) is 48.2 Å². The molecule has 0 aromatic heterocycles. The third-order valence-corrected chi connectivity index (χ3v) is 6.86. The first-order valence-corrected chi connectivity index (χ1v) is 14.7. The Balaban J connectivity index is 1.48. The average Bonchev–Trinajstić information content (AvgIpc) is 3.34. The first kappa shape index (κ1) is 32.9. The van der Waals surface area contributed by atoms with Crippen LogP contribution in [0, 0.1) is 17.7 Å². The van der Waals surface area contributed by atoms with Crippen molar-refractivity contribution in [2.45, 2.75) is 64.1 Å². The number of carbonyl (C=O) groups excluding carboxylic acids is 3. The minimum Gasteiger partial charge on any atom is -0.491 e. The SMILES string of the molecule is CC(C)(C)OC(=O)N1[C@H](COc2ccc(F)cc2)CCC1(C)C#CCCN(OC(=O)c1ccccc1)C(=O)Oc1ccccc1.